The van der Waals surface area contributed by atoms with E-state index in [1.54, 1.807) is 12.1 Å². The Hall–Kier alpha value is -1.62. The summed E-state index contributed by atoms with van der Waals surface area (Å²) in [5.41, 5.74) is 1.11. The summed E-state index contributed by atoms with van der Waals surface area (Å²) in [4.78, 5) is 14.8. The molecule has 0 saturated carbocycles. The maximum Gasteiger partial charge on any atom is 0.271 e. The van der Waals surface area contributed by atoms with Crippen molar-refractivity contribution in [1.29, 1.82) is 0 Å². The molecule has 1 atom stereocenters. The number of nitro groups is 1. The molecule has 0 bridgehead atoms. The molecule has 0 spiro atoms. The van der Waals surface area contributed by atoms with Crippen molar-refractivity contribution in [3.63, 3.8) is 0 Å². The van der Waals surface area contributed by atoms with Crippen LogP contribution in [0.3, 0.4) is 0 Å². The monoisotopic (exact) mass is 235 g/mol. The summed E-state index contributed by atoms with van der Waals surface area (Å²) in [5, 5.41) is 10.7. The number of benzene rings is 1. The summed E-state index contributed by atoms with van der Waals surface area (Å²) in [7, 11) is 4.14. The summed E-state index contributed by atoms with van der Waals surface area (Å²) < 4.78 is 0. The lowest BCUT2D eigenvalue weighted by Gasteiger charge is -2.21. The number of hydrogen-bond donors (Lipinski definition) is 0. The van der Waals surface area contributed by atoms with E-state index in [4.69, 9.17) is 0 Å². The van der Waals surface area contributed by atoms with Crippen molar-refractivity contribution >= 4 is 11.4 Å². The molecule has 0 unspecified atom stereocenters. The van der Waals surface area contributed by atoms with Crippen LogP contribution in [-0.4, -0.2) is 43.0 Å². The Morgan fingerprint density at radius 2 is 2.24 bits per heavy atom. The van der Waals surface area contributed by atoms with Gasteiger partial charge in [-0.15, -0.1) is 0 Å². The van der Waals surface area contributed by atoms with Gasteiger partial charge in [0.25, 0.3) is 5.69 Å². The Labute approximate surface area is 101 Å². The zero-order valence-electron chi connectivity index (χ0n) is 10.2. The Kier molecular flexibility index (Phi) is 3.28. The van der Waals surface area contributed by atoms with Crippen LogP contribution < -0.4 is 4.90 Å². The number of nitrogens with zero attached hydrogens (tertiary/aromatic N) is 3. The van der Waals surface area contributed by atoms with Crippen LogP contribution in [0, 0.1) is 10.1 Å². The molecule has 1 aromatic carbocycles. The third kappa shape index (κ3) is 2.55. The van der Waals surface area contributed by atoms with E-state index < -0.39 is 0 Å². The van der Waals surface area contributed by atoms with Gasteiger partial charge in [0, 0.05) is 37.0 Å². The number of likely N-dealkylation sites (N-methyl/N-ethyl adjacent to an activating group) is 1. The molecule has 5 heteroatoms. The van der Waals surface area contributed by atoms with E-state index in [0.29, 0.717) is 6.04 Å². The molecule has 5 nitrogen and oxygen atoms in total. The fraction of sp³-hybridized carbons (Fsp3) is 0.500. The van der Waals surface area contributed by atoms with E-state index in [-0.39, 0.29) is 10.6 Å². The quantitative estimate of drug-likeness (QED) is 0.591. The Bertz CT molecular complexity index is 420. The number of anilines is 1. The highest BCUT2D eigenvalue weighted by Crippen LogP contribution is 2.25. The smallest absolute Gasteiger partial charge is 0.271 e. The first-order valence-electron chi connectivity index (χ1n) is 5.74. The number of rotatable bonds is 3. The van der Waals surface area contributed by atoms with Crippen LogP contribution in [-0.2, 0) is 0 Å². The topological polar surface area (TPSA) is 49.6 Å². The number of nitro benzene ring substituents is 1. The van der Waals surface area contributed by atoms with Gasteiger partial charge in [-0.25, -0.2) is 0 Å². The predicted molar refractivity (Wildman–Crippen MR) is 67.4 cm³/mol. The lowest BCUT2D eigenvalue weighted by Crippen LogP contribution is -2.31. The van der Waals surface area contributed by atoms with Crippen LogP contribution in [0.25, 0.3) is 0 Å². The summed E-state index contributed by atoms with van der Waals surface area (Å²) in [5.74, 6) is 0. The fourth-order valence-corrected chi connectivity index (χ4v) is 2.20. The average molecular weight is 235 g/mol. The zero-order chi connectivity index (χ0) is 12.4. The lowest BCUT2D eigenvalue weighted by atomic mass is 10.2. The van der Waals surface area contributed by atoms with Crippen molar-refractivity contribution in [1.82, 2.24) is 4.90 Å². The van der Waals surface area contributed by atoms with Gasteiger partial charge in [-0.2, -0.15) is 0 Å². The molecule has 1 aliphatic rings. The van der Waals surface area contributed by atoms with Crippen molar-refractivity contribution in [3.05, 3.63) is 34.4 Å². The second-order valence-corrected chi connectivity index (χ2v) is 4.63. The largest absolute Gasteiger partial charge is 0.370 e. The molecule has 1 saturated heterocycles. The Morgan fingerprint density at radius 3 is 2.82 bits per heavy atom. The minimum absolute atomic E-state index is 0.163. The minimum atomic E-state index is -0.344. The van der Waals surface area contributed by atoms with Crippen LogP contribution >= 0.6 is 0 Å². The molecular formula is C12H17N3O2. The Morgan fingerprint density at radius 1 is 1.47 bits per heavy atom. The minimum Gasteiger partial charge on any atom is -0.370 e. The van der Waals surface area contributed by atoms with Crippen LogP contribution in [0.15, 0.2) is 24.3 Å². The molecule has 0 aromatic heterocycles. The molecular weight excluding hydrogens is 218 g/mol. The summed E-state index contributed by atoms with van der Waals surface area (Å²) in [6.45, 7) is 1.90. The van der Waals surface area contributed by atoms with Crippen LogP contribution in [0.4, 0.5) is 11.4 Å². The van der Waals surface area contributed by atoms with E-state index in [0.717, 1.165) is 25.2 Å². The maximum atomic E-state index is 10.7. The molecule has 0 N–H and O–H groups in total. The van der Waals surface area contributed by atoms with Gasteiger partial charge in [-0.1, -0.05) is 6.07 Å². The van der Waals surface area contributed by atoms with Crippen molar-refractivity contribution in [2.75, 3.05) is 32.1 Å². The number of hydrogen-bond acceptors (Lipinski definition) is 4. The van der Waals surface area contributed by atoms with E-state index >= 15 is 0 Å². The van der Waals surface area contributed by atoms with Crippen molar-refractivity contribution in [3.8, 4) is 0 Å². The summed E-state index contributed by atoms with van der Waals surface area (Å²) in [6.07, 6.45) is 1.11. The molecule has 0 amide bonds. The van der Waals surface area contributed by atoms with Crippen molar-refractivity contribution in [2.24, 2.45) is 0 Å². The lowest BCUT2D eigenvalue weighted by molar-refractivity contribution is -0.384. The zero-order valence-corrected chi connectivity index (χ0v) is 10.2. The third-order valence-corrected chi connectivity index (χ3v) is 3.30. The van der Waals surface area contributed by atoms with Gasteiger partial charge in [-0.3, -0.25) is 10.1 Å². The van der Waals surface area contributed by atoms with Gasteiger partial charge in [0.2, 0.25) is 0 Å². The molecule has 1 aromatic rings. The molecule has 1 heterocycles. The van der Waals surface area contributed by atoms with Crippen molar-refractivity contribution in [2.45, 2.75) is 12.5 Å². The van der Waals surface area contributed by atoms with Crippen LogP contribution in [0.1, 0.15) is 6.42 Å². The molecule has 92 valence electrons. The summed E-state index contributed by atoms with van der Waals surface area (Å²) in [6, 6.07) is 7.40. The summed E-state index contributed by atoms with van der Waals surface area (Å²) >= 11 is 0. The van der Waals surface area contributed by atoms with Gasteiger partial charge in [-0.05, 0) is 26.6 Å². The standard InChI is InChI=1S/C12H17N3O2/c1-13(2)12-6-7-14(9-12)10-4-3-5-11(8-10)15(16)17/h3-5,8,12H,6-7,9H2,1-2H3/t12-/m0/s1. The normalized spacial score (nSPS) is 19.9. The molecule has 17 heavy (non-hydrogen) atoms. The van der Waals surface area contributed by atoms with Gasteiger partial charge < -0.3 is 9.80 Å². The predicted octanol–water partition coefficient (Wildman–Crippen LogP) is 1.74. The highest BCUT2D eigenvalue weighted by molar-refractivity contribution is 5.54. The van der Waals surface area contributed by atoms with E-state index in [1.165, 1.54) is 6.07 Å². The van der Waals surface area contributed by atoms with Gasteiger partial charge in [0.15, 0.2) is 0 Å². The van der Waals surface area contributed by atoms with Gasteiger partial charge in [0.1, 0.15) is 0 Å². The van der Waals surface area contributed by atoms with E-state index in [2.05, 4.69) is 23.9 Å². The van der Waals surface area contributed by atoms with E-state index in [1.807, 2.05) is 6.07 Å². The molecule has 1 fully saturated rings. The molecule has 0 radical (unpaired) electrons. The maximum absolute atomic E-state index is 10.7. The molecule has 2 rings (SSSR count). The van der Waals surface area contributed by atoms with Gasteiger partial charge in [0.05, 0.1) is 4.92 Å². The highest BCUT2D eigenvalue weighted by Gasteiger charge is 2.24. The van der Waals surface area contributed by atoms with E-state index in [9.17, 15) is 10.1 Å². The second kappa shape index (κ2) is 4.71. The van der Waals surface area contributed by atoms with Crippen LogP contribution in [0.2, 0.25) is 0 Å². The number of non-ortho nitro benzene ring substituents is 1. The van der Waals surface area contributed by atoms with Crippen molar-refractivity contribution < 1.29 is 4.92 Å². The Balaban J connectivity index is 2.13. The molecule has 1 aliphatic heterocycles. The molecule has 0 aliphatic carbocycles. The fourth-order valence-electron chi connectivity index (χ4n) is 2.20. The SMILES string of the molecule is CN(C)[C@H]1CCN(c2cccc([N+](=O)[O-])c2)C1. The third-order valence-electron chi connectivity index (χ3n) is 3.30. The average Bonchev–Trinajstić information content (AvgIpc) is 2.78. The first-order chi connectivity index (χ1) is 8.08. The first-order valence-corrected chi connectivity index (χ1v) is 5.74. The first kappa shape index (κ1) is 11.9. The van der Waals surface area contributed by atoms with Gasteiger partial charge >= 0.3 is 0 Å². The van der Waals surface area contributed by atoms with Crippen LogP contribution in [0.5, 0.6) is 0 Å². The highest BCUT2D eigenvalue weighted by atomic mass is 16.6. The second-order valence-electron chi connectivity index (χ2n) is 4.63.